The molecule has 0 saturated carbocycles. The molecule has 1 aliphatic heterocycles. The van der Waals surface area contributed by atoms with E-state index in [0.717, 1.165) is 22.6 Å². The molecule has 0 fully saturated rings. The van der Waals surface area contributed by atoms with Crippen molar-refractivity contribution in [1.29, 1.82) is 0 Å². The van der Waals surface area contributed by atoms with E-state index in [9.17, 15) is 4.79 Å². The smallest absolute Gasteiger partial charge is 0.230 e. The fourth-order valence-electron chi connectivity index (χ4n) is 2.75. The summed E-state index contributed by atoms with van der Waals surface area (Å²) < 4.78 is 10.2. The molecule has 1 atom stereocenters. The molecule has 6 heteroatoms. The number of nitrogen functional groups attached to an aromatic ring is 1. The number of carbonyl (C=O) groups is 1. The first-order chi connectivity index (χ1) is 10.6. The Hall–Kier alpha value is -2.50. The van der Waals surface area contributed by atoms with Gasteiger partial charge in [0.15, 0.2) is 0 Å². The largest absolute Gasteiger partial charge is 0.497 e. The number of aromatic nitrogens is 1. The molecule has 3 rings (SSSR count). The van der Waals surface area contributed by atoms with Crippen LogP contribution in [0, 0.1) is 0 Å². The number of carbonyl (C=O) groups excluding carboxylic acids is 1. The number of fused-ring (bicyclic) bond motifs is 1. The number of ether oxygens (including phenoxy) is 1. The molecule has 0 radical (unpaired) electrons. The lowest BCUT2D eigenvalue weighted by molar-refractivity contribution is -0.133. The van der Waals surface area contributed by atoms with E-state index < -0.39 is 0 Å². The molecule has 0 aliphatic carbocycles. The summed E-state index contributed by atoms with van der Waals surface area (Å²) in [4.78, 5) is 14.5. The van der Waals surface area contributed by atoms with Crippen LogP contribution >= 0.6 is 0 Å². The molecule has 6 nitrogen and oxygen atoms in total. The minimum atomic E-state index is -0.238. The molecular weight excluding hydrogens is 282 g/mol. The van der Waals surface area contributed by atoms with Crippen molar-refractivity contribution in [2.75, 3.05) is 19.4 Å². The third-order valence-corrected chi connectivity index (χ3v) is 4.14. The molecule has 0 bridgehead atoms. The van der Waals surface area contributed by atoms with Crippen LogP contribution in [0.4, 0.5) is 5.88 Å². The molecule has 116 valence electrons. The van der Waals surface area contributed by atoms with Crippen molar-refractivity contribution in [3.05, 3.63) is 41.1 Å². The van der Waals surface area contributed by atoms with Crippen LogP contribution in [0.15, 0.2) is 28.8 Å². The number of rotatable bonds is 3. The van der Waals surface area contributed by atoms with Gasteiger partial charge < -0.3 is 19.9 Å². The standard InChI is InChI=1S/C16H19N3O3/c1-10(11-4-3-5-12(8-11)21-2)16(20)19-7-6-14-13(9-19)15(17)22-18-14/h3-5,8,10H,6-7,9,17H2,1-2H3. The Morgan fingerprint density at radius 1 is 1.50 bits per heavy atom. The number of anilines is 1. The van der Waals surface area contributed by atoms with E-state index in [1.807, 2.05) is 31.2 Å². The van der Waals surface area contributed by atoms with Gasteiger partial charge in [0.1, 0.15) is 5.75 Å². The molecular formula is C16H19N3O3. The summed E-state index contributed by atoms with van der Waals surface area (Å²) in [6.45, 7) is 2.99. The monoisotopic (exact) mass is 301 g/mol. The van der Waals surface area contributed by atoms with Crippen molar-refractivity contribution in [3.8, 4) is 5.75 Å². The van der Waals surface area contributed by atoms with Gasteiger partial charge in [-0.2, -0.15) is 0 Å². The molecule has 1 aromatic heterocycles. The van der Waals surface area contributed by atoms with E-state index in [-0.39, 0.29) is 11.8 Å². The molecule has 0 saturated heterocycles. The lowest BCUT2D eigenvalue weighted by Gasteiger charge is -2.28. The highest BCUT2D eigenvalue weighted by molar-refractivity contribution is 5.83. The summed E-state index contributed by atoms with van der Waals surface area (Å²) in [5.41, 5.74) is 8.39. The van der Waals surface area contributed by atoms with Crippen LogP contribution in [0.5, 0.6) is 5.75 Å². The molecule has 2 heterocycles. The lowest BCUT2D eigenvalue weighted by Crippen LogP contribution is -2.38. The van der Waals surface area contributed by atoms with Gasteiger partial charge >= 0.3 is 0 Å². The number of benzene rings is 1. The summed E-state index contributed by atoms with van der Waals surface area (Å²) >= 11 is 0. The summed E-state index contributed by atoms with van der Waals surface area (Å²) in [5, 5.41) is 3.92. The topological polar surface area (TPSA) is 81.6 Å². The summed E-state index contributed by atoms with van der Waals surface area (Å²) in [6, 6.07) is 7.59. The van der Waals surface area contributed by atoms with Gasteiger partial charge in [-0.3, -0.25) is 4.79 Å². The second kappa shape index (κ2) is 5.71. The van der Waals surface area contributed by atoms with Crippen molar-refractivity contribution in [2.45, 2.75) is 25.8 Å². The SMILES string of the molecule is COc1cccc(C(C)C(=O)N2CCc3noc(N)c3C2)c1. The summed E-state index contributed by atoms with van der Waals surface area (Å²) in [5.74, 6) is 0.889. The number of amides is 1. The molecule has 0 spiro atoms. The highest BCUT2D eigenvalue weighted by Gasteiger charge is 2.29. The zero-order chi connectivity index (χ0) is 15.7. The molecule has 1 aliphatic rings. The highest BCUT2D eigenvalue weighted by atomic mass is 16.5. The number of hydrogen-bond donors (Lipinski definition) is 1. The average molecular weight is 301 g/mol. The highest BCUT2D eigenvalue weighted by Crippen LogP contribution is 2.27. The molecule has 1 unspecified atom stereocenters. The molecule has 22 heavy (non-hydrogen) atoms. The van der Waals surface area contributed by atoms with Crippen molar-refractivity contribution >= 4 is 11.8 Å². The third kappa shape index (κ3) is 2.52. The molecule has 2 aromatic rings. The van der Waals surface area contributed by atoms with Gasteiger partial charge in [0.05, 0.1) is 30.8 Å². The maximum Gasteiger partial charge on any atom is 0.230 e. The minimum Gasteiger partial charge on any atom is -0.497 e. The second-order valence-corrected chi connectivity index (χ2v) is 5.48. The minimum absolute atomic E-state index is 0.0690. The number of nitrogens with two attached hydrogens (primary N) is 1. The second-order valence-electron chi connectivity index (χ2n) is 5.48. The normalized spacial score (nSPS) is 15.3. The van der Waals surface area contributed by atoms with Gasteiger partial charge in [-0.05, 0) is 24.6 Å². The van der Waals surface area contributed by atoms with Gasteiger partial charge in [0.2, 0.25) is 11.8 Å². The first kappa shape index (κ1) is 14.4. The van der Waals surface area contributed by atoms with Crippen LogP contribution in [-0.4, -0.2) is 29.6 Å². The zero-order valence-electron chi connectivity index (χ0n) is 12.7. The van der Waals surface area contributed by atoms with E-state index >= 15 is 0 Å². The van der Waals surface area contributed by atoms with E-state index in [1.165, 1.54) is 0 Å². The number of methoxy groups -OCH3 is 1. The zero-order valence-corrected chi connectivity index (χ0v) is 12.7. The van der Waals surface area contributed by atoms with Crippen LogP contribution < -0.4 is 10.5 Å². The van der Waals surface area contributed by atoms with Crippen molar-refractivity contribution in [2.24, 2.45) is 0 Å². The first-order valence-corrected chi connectivity index (χ1v) is 7.25. The summed E-state index contributed by atoms with van der Waals surface area (Å²) in [6.07, 6.45) is 0.673. The number of hydrogen-bond acceptors (Lipinski definition) is 5. The van der Waals surface area contributed by atoms with Crippen LogP contribution in [0.25, 0.3) is 0 Å². The van der Waals surface area contributed by atoms with Crippen molar-refractivity contribution < 1.29 is 14.1 Å². The Kier molecular flexibility index (Phi) is 3.75. The molecule has 1 amide bonds. The fourth-order valence-corrected chi connectivity index (χ4v) is 2.75. The number of nitrogens with zero attached hydrogens (tertiary/aromatic N) is 2. The first-order valence-electron chi connectivity index (χ1n) is 7.25. The van der Waals surface area contributed by atoms with Gasteiger partial charge in [-0.1, -0.05) is 17.3 Å². The van der Waals surface area contributed by atoms with Crippen molar-refractivity contribution in [1.82, 2.24) is 10.1 Å². The van der Waals surface area contributed by atoms with Crippen LogP contribution in [0.1, 0.15) is 29.7 Å². The predicted molar refractivity (Wildman–Crippen MR) is 81.4 cm³/mol. The van der Waals surface area contributed by atoms with Crippen LogP contribution in [-0.2, 0) is 17.8 Å². The maximum absolute atomic E-state index is 12.7. The maximum atomic E-state index is 12.7. The lowest BCUT2D eigenvalue weighted by atomic mass is 9.97. The fraction of sp³-hybridized carbons (Fsp3) is 0.375. The van der Waals surface area contributed by atoms with E-state index in [0.29, 0.717) is 25.4 Å². The van der Waals surface area contributed by atoms with E-state index in [4.69, 9.17) is 15.0 Å². The Morgan fingerprint density at radius 2 is 2.32 bits per heavy atom. The Balaban J connectivity index is 1.78. The Labute approximate surface area is 128 Å². The quantitative estimate of drug-likeness (QED) is 0.937. The molecule has 1 aromatic carbocycles. The Morgan fingerprint density at radius 3 is 3.09 bits per heavy atom. The third-order valence-electron chi connectivity index (χ3n) is 4.14. The van der Waals surface area contributed by atoms with Gasteiger partial charge in [-0.15, -0.1) is 0 Å². The predicted octanol–water partition coefficient (Wildman–Crippen LogP) is 1.95. The molecule has 2 N–H and O–H groups in total. The van der Waals surface area contributed by atoms with E-state index in [1.54, 1.807) is 12.0 Å². The van der Waals surface area contributed by atoms with Crippen molar-refractivity contribution in [3.63, 3.8) is 0 Å². The van der Waals surface area contributed by atoms with Crippen LogP contribution in [0.2, 0.25) is 0 Å². The summed E-state index contributed by atoms with van der Waals surface area (Å²) in [7, 11) is 1.62. The van der Waals surface area contributed by atoms with Gasteiger partial charge in [0, 0.05) is 13.0 Å². The van der Waals surface area contributed by atoms with Gasteiger partial charge in [0.25, 0.3) is 0 Å². The average Bonchev–Trinajstić information content (AvgIpc) is 2.94. The van der Waals surface area contributed by atoms with Crippen LogP contribution in [0.3, 0.4) is 0 Å². The van der Waals surface area contributed by atoms with E-state index in [2.05, 4.69) is 5.16 Å². The Bertz CT molecular complexity index is 696. The van der Waals surface area contributed by atoms with Gasteiger partial charge in [-0.25, -0.2) is 0 Å².